The Morgan fingerprint density at radius 1 is 1.15 bits per heavy atom. The second kappa shape index (κ2) is 10.8. The molecule has 0 aromatic heterocycles. The highest BCUT2D eigenvalue weighted by Gasteiger charge is 2.17. The third-order valence-corrected chi connectivity index (χ3v) is 4.98. The largest absolute Gasteiger partial charge is 0.496 e. The normalized spacial score (nSPS) is 11.5. The molecular weight excluding hydrogens is 386 g/mol. The van der Waals surface area contributed by atoms with E-state index in [1.54, 1.807) is 26.2 Å². The summed E-state index contributed by atoms with van der Waals surface area (Å²) in [5.74, 6) is 0.508. The van der Waals surface area contributed by atoms with Gasteiger partial charge in [-0.25, -0.2) is 0 Å². The van der Waals surface area contributed by atoms with Crippen LogP contribution in [0.3, 0.4) is 0 Å². The number of carbonyl (C=O) groups is 2. The van der Waals surface area contributed by atoms with Crippen molar-refractivity contribution in [3.05, 3.63) is 59.1 Å². The Morgan fingerprint density at radius 3 is 2.56 bits per heavy atom. The summed E-state index contributed by atoms with van der Waals surface area (Å²) in [5, 5.41) is 3.43. The van der Waals surface area contributed by atoms with Gasteiger partial charge in [-0.3, -0.25) is 9.59 Å². The van der Waals surface area contributed by atoms with E-state index < -0.39 is 12.1 Å². The maximum Gasteiger partial charge on any atom is 0.307 e. The molecule has 0 radical (unpaired) electrons. The summed E-state index contributed by atoms with van der Waals surface area (Å²) in [4.78, 5) is 25.1. The molecule has 1 N–H and O–H groups in total. The van der Waals surface area contributed by atoms with Crippen LogP contribution < -0.4 is 10.1 Å². The zero-order chi connectivity index (χ0) is 19.6. The van der Waals surface area contributed by atoms with Gasteiger partial charge in [-0.05, 0) is 37.3 Å². The van der Waals surface area contributed by atoms with Crippen LogP contribution in [-0.2, 0) is 20.9 Å². The Hall–Kier alpha value is -2.18. The zero-order valence-electron chi connectivity index (χ0n) is 15.2. The standard InChI is InChI=1S/C20H22ClNO4S/c1-14(20(24)22-13-15-5-3-4-6-18(15)25-2)26-19(23)11-12-27-17-9-7-16(21)8-10-17/h3-10,14H,11-13H2,1-2H3,(H,22,24)/t14-/m1/s1. The van der Waals surface area contributed by atoms with Gasteiger partial charge in [-0.2, -0.15) is 0 Å². The molecule has 27 heavy (non-hydrogen) atoms. The van der Waals surface area contributed by atoms with Crippen molar-refractivity contribution in [2.75, 3.05) is 12.9 Å². The van der Waals surface area contributed by atoms with Crippen LogP contribution in [0.1, 0.15) is 18.9 Å². The smallest absolute Gasteiger partial charge is 0.307 e. The Bertz CT molecular complexity index is 767. The lowest BCUT2D eigenvalue weighted by molar-refractivity contribution is -0.154. The second-order valence-corrected chi connectivity index (χ2v) is 7.32. The predicted molar refractivity (Wildman–Crippen MR) is 107 cm³/mol. The molecule has 0 aliphatic carbocycles. The Labute approximate surface area is 168 Å². The Kier molecular flexibility index (Phi) is 8.48. The monoisotopic (exact) mass is 407 g/mol. The van der Waals surface area contributed by atoms with Crippen LogP contribution in [0.25, 0.3) is 0 Å². The molecule has 2 aromatic rings. The van der Waals surface area contributed by atoms with Crippen LogP contribution in [0.4, 0.5) is 0 Å². The third-order valence-electron chi connectivity index (χ3n) is 3.71. The maximum atomic E-state index is 12.1. The molecule has 0 heterocycles. The topological polar surface area (TPSA) is 64.6 Å². The van der Waals surface area contributed by atoms with Crippen LogP contribution in [0.5, 0.6) is 5.75 Å². The first-order chi connectivity index (χ1) is 13.0. The molecule has 0 aliphatic heterocycles. The third kappa shape index (κ3) is 7.15. The number of ether oxygens (including phenoxy) is 2. The van der Waals surface area contributed by atoms with Gasteiger partial charge in [0.2, 0.25) is 0 Å². The predicted octanol–water partition coefficient (Wildman–Crippen LogP) is 4.08. The van der Waals surface area contributed by atoms with Gasteiger partial charge in [0.25, 0.3) is 5.91 Å². The Balaban J connectivity index is 1.71. The molecule has 0 bridgehead atoms. The van der Waals surface area contributed by atoms with E-state index in [4.69, 9.17) is 21.1 Å². The molecule has 0 fully saturated rings. The number of carbonyl (C=O) groups excluding carboxylic acids is 2. The van der Waals surface area contributed by atoms with Crippen LogP contribution in [-0.4, -0.2) is 30.8 Å². The number of benzene rings is 2. The fourth-order valence-electron chi connectivity index (χ4n) is 2.27. The number of nitrogens with one attached hydrogen (secondary N) is 1. The van der Waals surface area contributed by atoms with Crippen molar-refractivity contribution in [3.8, 4) is 5.75 Å². The van der Waals surface area contributed by atoms with E-state index in [0.29, 0.717) is 23.1 Å². The lowest BCUT2D eigenvalue weighted by Gasteiger charge is -2.14. The quantitative estimate of drug-likeness (QED) is 0.501. The number of amides is 1. The van der Waals surface area contributed by atoms with Gasteiger partial charge in [0.1, 0.15) is 5.75 Å². The summed E-state index contributed by atoms with van der Waals surface area (Å²) >= 11 is 7.37. The first-order valence-corrected chi connectivity index (χ1v) is 9.83. The van der Waals surface area contributed by atoms with Gasteiger partial charge in [0.15, 0.2) is 6.10 Å². The molecule has 0 aliphatic rings. The van der Waals surface area contributed by atoms with Crippen LogP contribution in [0, 0.1) is 0 Å². The van der Waals surface area contributed by atoms with Gasteiger partial charge < -0.3 is 14.8 Å². The molecule has 144 valence electrons. The van der Waals surface area contributed by atoms with Crippen molar-refractivity contribution in [1.29, 1.82) is 0 Å². The van der Waals surface area contributed by atoms with E-state index >= 15 is 0 Å². The summed E-state index contributed by atoms with van der Waals surface area (Å²) in [5.41, 5.74) is 0.853. The van der Waals surface area contributed by atoms with Crippen molar-refractivity contribution in [2.24, 2.45) is 0 Å². The van der Waals surface area contributed by atoms with Crippen molar-refractivity contribution >= 4 is 35.2 Å². The molecule has 0 unspecified atom stereocenters. The van der Waals surface area contributed by atoms with E-state index in [9.17, 15) is 9.59 Å². The summed E-state index contributed by atoms with van der Waals surface area (Å²) in [6.45, 7) is 1.86. The molecule has 1 atom stereocenters. The summed E-state index contributed by atoms with van der Waals surface area (Å²) in [7, 11) is 1.58. The maximum absolute atomic E-state index is 12.1. The van der Waals surface area contributed by atoms with Crippen molar-refractivity contribution in [2.45, 2.75) is 30.9 Å². The molecule has 7 heteroatoms. The molecule has 2 rings (SSSR count). The molecule has 0 saturated heterocycles. The lowest BCUT2D eigenvalue weighted by atomic mass is 10.2. The number of thioether (sulfide) groups is 1. The van der Waals surface area contributed by atoms with E-state index in [1.165, 1.54) is 11.8 Å². The minimum Gasteiger partial charge on any atom is -0.496 e. The van der Waals surface area contributed by atoms with Gasteiger partial charge >= 0.3 is 5.97 Å². The van der Waals surface area contributed by atoms with Gasteiger partial charge in [0, 0.05) is 27.8 Å². The van der Waals surface area contributed by atoms with Crippen LogP contribution in [0.15, 0.2) is 53.4 Å². The number of hydrogen-bond acceptors (Lipinski definition) is 5. The first-order valence-electron chi connectivity index (χ1n) is 8.47. The minimum atomic E-state index is -0.854. The molecule has 5 nitrogen and oxygen atoms in total. The second-order valence-electron chi connectivity index (χ2n) is 5.71. The zero-order valence-corrected chi connectivity index (χ0v) is 16.8. The summed E-state index contributed by atoms with van der Waals surface area (Å²) in [6, 6.07) is 14.8. The summed E-state index contributed by atoms with van der Waals surface area (Å²) in [6.07, 6.45) is -0.634. The fraction of sp³-hybridized carbons (Fsp3) is 0.300. The van der Waals surface area contributed by atoms with Crippen molar-refractivity contribution < 1.29 is 19.1 Å². The molecule has 1 amide bonds. The minimum absolute atomic E-state index is 0.220. The van der Waals surface area contributed by atoms with Gasteiger partial charge in [0.05, 0.1) is 13.5 Å². The van der Waals surface area contributed by atoms with E-state index in [2.05, 4.69) is 5.32 Å². The summed E-state index contributed by atoms with van der Waals surface area (Å²) < 4.78 is 10.4. The van der Waals surface area contributed by atoms with Gasteiger partial charge in [-0.15, -0.1) is 11.8 Å². The van der Waals surface area contributed by atoms with Crippen LogP contribution >= 0.6 is 23.4 Å². The molecular formula is C20H22ClNO4S. The highest BCUT2D eigenvalue weighted by Crippen LogP contribution is 2.21. The molecule has 2 aromatic carbocycles. The molecule has 0 saturated carbocycles. The average molecular weight is 408 g/mol. The van der Waals surface area contributed by atoms with Crippen molar-refractivity contribution in [3.63, 3.8) is 0 Å². The van der Waals surface area contributed by atoms with E-state index in [-0.39, 0.29) is 12.3 Å². The number of para-hydroxylation sites is 1. The number of rotatable bonds is 9. The average Bonchev–Trinajstić information content (AvgIpc) is 2.67. The highest BCUT2D eigenvalue weighted by molar-refractivity contribution is 7.99. The SMILES string of the molecule is COc1ccccc1CNC(=O)[C@@H](C)OC(=O)CCSc1ccc(Cl)cc1. The van der Waals surface area contributed by atoms with Gasteiger partial charge in [-0.1, -0.05) is 29.8 Å². The van der Waals surface area contributed by atoms with Crippen LogP contribution in [0.2, 0.25) is 5.02 Å². The lowest BCUT2D eigenvalue weighted by Crippen LogP contribution is -2.35. The van der Waals surface area contributed by atoms with E-state index in [1.807, 2.05) is 36.4 Å². The number of esters is 1. The number of hydrogen-bond donors (Lipinski definition) is 1. The fourth-order valence-corrected chi connectivity index (χ4v) is 3.23. The number of halogens is 1. The highest BCUT2D eigenvalue weighted by atomic mass is 35.5. The molecule has 0 spiro atoms. The number of methoxy groups -OCH3 is 1. The first kappa shape index (κ1) is 21.1. The Morgan fingerprint density at radius 2 is 1.85 bits per heavy atom. The van der Waals surface area contributed by atoms with Crippen molar-refractivity contribution in [1.82, 2.24) is 5.32 Å². The van der Waals surface area contributed by atoms with E-state index in [0.717, 1.165) is 10.5 Å².